The van der Waals surface area contributed by atoms with Gasteiger partial charge in [-0.1, -0.05) is 17.3 Å². The van der Waals surface area contributed by atoms with Gasteiger partial charge in [0.1, 0.15) is 5.69 Å². The van der Waals surface area contributed by atoms with E-state index in [1.807, 2.05) is 30.5 Å². The molecule has 0 spiro atoms. The van der Waals surface area contributed by atoms with Gasteiger partial charge in [0.2, 0.25) is 0 Å². The largest absolute Gasteiger partial charge is 0.254 e. The Kier molecular flexibility index (Phi) is 1.50. The van der Waals surface area contributed by atoms with Gasteiger partial charge in [0.15, 0.2) is 0 Å². The van der Waals surface area contributed by atoms with Crippen LogP contribution in [-0.4, -0.2) is 19.8 Å². The Labute approximate surface area is 87.6 Å². The fourth-order valence-electron chi connectivity index (χ4n) is 1.48. The summed E-state index contributed by atoms with van der Waals surface area (Å²) in [7, 11) is 0. The lowest BCUT2D eigenvalue weighted by molar-refractivity contribution is 0.856. The Morgan fingerprint density at radius 2 is 2.07 bits per heavy atom. The molecular weight excluding hydrogens is 188 g/mol. The Morgan fingerprint density at radius 1 is 1.13 bits per heavy atom. The van der Waals surface area contributed by atoms with Crippen molar-refractivity contribution in [1.82, 2.24) is 19.8 Å². The summed E-state index contributed by atoms with van der Waals surface area (Å²) in [6.07, 6.45) is 2.06. The van der Waals surface area contributed by atoms with Crippen LogP contribution in [0.25, 0.3) is 16.9 Å². The van der Waals surface area contributed by atoms with Crippen molar-refractivity contribution in [2.45, 2.75) is 0 Å². The minimum absolute atomic E-state index is 0.231. The van der Waals surface area contributed by atoms with E-state index in [1.54, 1.807) is 16.6 Å². The van der Waals surface area contributed by atoms with Crippen LogP contribution in [0.4, 0.5) is 0 Å². The van der Waals surface area contributed by atoms with Crippen molar-refractivity contribution in [3.8, 4) is 11.4 Å². The normalized spacial score (nSPS) is 11.6. The zero-order chi connectivity index (χ0) is 11.0. The Balaban J connectivity index is 2.26. The van der Waals surface area contributed by atoms with Crippen molar-refractivity contribution < 1.29 is 1.37 Å². The Bertz CT molecular complexity index is 647. The summed E-state index contributed by atoms with van der Waals surface area (Å²) >= 11 is 0. The van der Waals surface area contributed by atoms with Crippen molar-refractivity contribution in [2.24, 2.45) is 0 Å². The second-order valence-electron chi connectivity index (χ2n) is 3.12. The lowest BCUT2D eigenvalue weighted by atomic mass is 10.2. The highest BCUT2D eigenvalue weighted by Crippen LogP contribution is 2.18. The first-order valence-electron chi connectivity index (χ1n) is 5.09. The molecule has 0 fully saturated rings. The highest BCUT2D eigenvalue weighted by atomic mass is 15.4. The van der Waals surface area contributed by atoms with E-state index in [2.05, 4.69) is 15.3 Å². The molecule has 3 aromatic rings. The third-order valence-electron chi connectivity index (χ3n) is 2.18. The maximum Gasteiger partial charge on any atom is 0.139 e. The zero-order valence-corrected chi connectivity index (χ0v) is 7.83. The molecule has 72 valence electrons. The van der Waals surface area contributed by atoms with Crippen LogP contribution < -0.4 is 0 Å². The minimum Gasteiger partial charge on any atom is -0.254 e. The van der Waals surface area contributed by atoms with Crippen LogP contribution in [0.3, 0.4) is 0 Å². The van der Waals surface area contributed by atoms with E-state index in [4.69, 9.17) is 1.37 Å². The average molecular weight is 197 g/mol. The molecule has 0 saturated carbocycles. The van der Waals surface area contributed by atoms with Crippen LogP contribution in [0.2, 0.25) is 0 Å². The number of hydrogen-bond acceptors (Lipinski definition) is 3. The number of fused-ring (bicyclic) bond motifs is 1. The van der Waals surface area contributed by atoms with E-state index in [0.29, 0.717) is 11.4 Å². The van der Waals surface area contributed by atoms with E-state index in [0.717, 1.165) is 5.52 Å². The highest BCUT2D eigenvalue weighted by Gasteiger charge is 2.07. The molecule has 3 heterocycles. The van der Waals surface area contributed by atoms with Gasteiger partial charge in [-0.25, -0.2) is 4.52 Å². The first-order valence-corrected chi connectivity index (χ1v) is 4.59. The van der Waals surface area contributed by atoms with Crippen molar-refractivity contribution in [3.05, 3.63) is 48.8 Å². The van der Waals surface area contributed by atoms with Crippen LogP contribution in [0.1, 0.15) is 1.37 Å². The van der Waals surface area contributed by atoms with Crippen LogP contribution >= 0.6 is 0 Å². The minimum atomic E-state index is 0.231. The molecule has 3 aromatic heterocycles. The smallest absolute Gasteiger partial charge is 0.139 e. The summed E-state index contributed by atoms with van der Waals surface area (Å²) in [4.78, 5) is 4.12. The SMILES string of the molecule is [2H]c1cccc(-c2nnn3ccccc23)n1. The summed E-state index contributed by atoms with van der Waals surface area (Å²) in [5.41, 5.74) is 2.27. The summed E-state index contributed by atoms with van der Waals surface area (Å²) in [5.74, 6) is 0. The molecule has 0 aliphatic rings. The quantitative estimate of drug-likeness (QED) is 0.597. The number of hydrogen-bond donors (Lipinski definition) is 0. The number of aromatic nitrogens is 4. The predicted octanol–water partition coefficient (Wildman–Crippen LogP) is 1.79. The molecule has 0 bridgehead atoms. The molecule has 0 radical (unpaired) electrons. The van der Waals surface area contributed by atoms with Crippen molar-refractivity contribution in [3.63, 3.8) is 0 Å². The van der Waals surface area contributed by atoms with E-state index in [-0.39, 0.29) is 6.17 Å². The van der Waals surface area contributed by atoms with Gasteiger partial charge >= 0.3 is 0 Å². The van der Waals surface area contributed by atoms with Gasteiger partial charge < -0.3 is 0 Å². The second-order valence-corrected chi connectivity index (χ2v) is 3.12. The van der Waals surface area contributed by atoms with Gasteiger partial charge in [0.25, 0.3) is 0 Å². The highest BCUT2D eigenvalue weighted by molar-refractivity contribution is 5.73. The predicted molar refractivity (Wildman–Crippen MR) is 56.2 cm³/mol. The van der Waals surface area contributed by atoms with E-state index < -0.39 is 0 Å². The Hall–Kier alpha value is -2.23. The second kappa shape index (κ2) is 3.16. The molecule has 15 heavy (non-hydrogen) atoms. The summed E-state index contributed by atoms with van der Waals surface area (Å²) in [5, 5.41) is 8.06. The maximum atomic E-state index is 7.48. The van der Waals surface area contributed by atoms with Gasteiger partial charge in [-0.2, -0.15) is 0 Å². The van der Waals surface area contributed by atoms with Crippen LogP contribution in [0.5, 0.6) is 0 Å². The van der Waals surface area contributed by atoms with E-state index >= 15 is 0 Å². The van der Waals surface area contributed by atoms with Gasteiger partial charge in [0, 0.05) is 12.4 Å². The molecule has 0 atom stereocenters. The van der Waals surface area contributed by atoms with Crippen molar-refractivity contribution in [1.29, 1.82) is 0 Å². The van der Waals surface area contributed by atoms with Gasteiger partial charge in [-0.3, -0.25) is 4.98 Å². The summed E-state index contributed by atoms with van der Waals surface area (Å²) in [6.45, 7) is 0. The van der Waals surface area contributed by atoms with Crippen LogP contribution in [0.15, 0.2) is 48.8 Å². The molecule has 3 rings (SSSR count). The van der Waals surface area contributed by atoms with Gasteiger partial charge in [-0.05, 0) is 24.3 Å². The molecule has 0 aliphatic carbocycles. The maximum absolute atomic E-state index is 7.48. The monoisotopic (exact) mass is 197 g/mol. The zero-order valence-electron chi connectivity index (χ0n) is 8.83. The molecule has 0 N–H and O–H groups in total. The van der Waals surface area contributed by atoms with E-state index in [1.165, 1.54) is 0 Å². The fourth-order valence-corrected chi connectivity index (χ4v) is 1.48. The molecule has 4 nitrogen and oxygen atoms in total. The Morgan fingerprint density at radius 3 is 3.00 bits per heavy atom. The lowest BCUT2D eigenvalue weighted by Crippen LogP contribution is -1.84. The van der Waals surface area contributed by atoms with E-state index in [9.17, 15) is 0 Å². The van der Waals surface area contributed by atoms with Gasteiger partial charge in [0.05, 0.1) is 12.6 Å². The third kappa shape index (κ3) is 1.27. The molecule has 0 amide bonds. The molecular formula is C11H8N4. The molecule has 0 saturated heterocycles. The van der Waals surface area contributed by atoms with Crippen LogP contribution in [-0.2, 0) is 0 Å². The molecule has 0 aromatic carbocycles. The number of nitrogens with zero attached hydrogens (tertiary/aromatic N) is 4. The van der Waals surface area contributed by atoms with Crippen molar-refractivity contribution in [2.75, 3.05) is 0 Å². The van der Waals surface area contributed by atoms with Crippen LogP contribution in [0, 0.1) is 0 Å². The number of pyridine rings is 2. The van der Waals surface area contributed by atoms with Gasteiger partial charge in [-0.15, -0.1) is 5.10 Å². The lowest BCUT2D eigenvalue weighted by Gasteiger charge is -1.94. The average Bonchev–Trinajstić information content (AvgIpc) is 2.72. The first-order chi connectivity index (χ1) is 7.84. The standard InChI is InChI=1S/C11H8N4/c1-3-7-12-9(5-1)11-10-6-2-4-8-15(10)14-13-11/h1-8H/i7D. The molecule has 4 heteroatoms. The topological polar surface area (TPSA) is 43.1 Å². The molecule has 0 aliphatic heterocycles. The first kappa shape index (κ1) is 7.11. The summed E-state index contributed by atoms with van der Waals surface area (Å²) in [6, 6.07) is 11.0. The number of rotatable bonds is 1. The third-order valence-corrected chi connectivity index (χ3v) is 2.18. The molecule has 0 unspecified atom stereocenters. The summed E-state index contributed by atoms with van der Waals surface area (Å²) < 4.78 is 9.17. The fraction of sp³-hybridized carbons (Fsp3) is 0. The van der Waals surface area contributed by atoms with Crippen molar-refractivity contribution >= 4 is 5.52 Å².